The Hall–Kier alpha value is -1.54. The standard InChI is InChI=1S/C11H16FN3O4/c1-2-14-3-4-19-7(5-14)6-15-10(17)8(12)9(16)13-11(15)18/h7-8H,2-6H2,1H3,(H,13,16,18). The van der Waals surface area contributed by atoms with Gasteiger partial charge in [0.1, 0.15) is 0 Å². The lowest BCUT2D eigenvalue weighted by atomic mass is 10.2. The molecule has 2 unspecified atom stereocenters. The van der Waals surface area contributed by atoms with Crippen LogP contribution in [0.4, 0.5) is 9.18 Å². The van der Waals surface area contributed by atoms with Gasteiger partial charge in [-0.15, -0.1) is 0 Å². The van der Waals surface area contributed by atoms with E-state index in [1.807, 2.05) is 12.2 Å². The van der Waals surface area contributed by atoms with Gasteiger partial charge in [0.2, 0.25) is 0 Å². The van der Waals surface area contributed by atoms with Gasteiger partial charge in [-0.1, -0.05) is 6.92 Å². The Morgan fingerprint density at radius 2 is 2.16 bits per heavy atom. The summed E-state index contributed by atoms with van der Waals surface area (Å²) in [5, 5.41) is 1.81. The molecule has 2 atom stereocenters. The molecule has 19 heavy (non-hydrogen) atoms. The first-order chi connectivity index (χ1) is 9.02. The van der Waals surface area contributed by atoms with Crippen molar-refractivity contribution in [1.82, 2.24) is 15.1 Å². The first-order valence-electron chi connectivity index (χ1n) is 6.17. The maximum absolute atomic E-state index is 13.3. The number of carbonyl (C=O) groups excluding carboxylic acids is 3. The zero-order valence-electron chi connectivity index (χ0n) is 10.6. The number of amides is 4. The third-order valence-corrected chi connectivity index (χ3v) is 3.24. The molecule has 0 radical (unpaired) electrons. The molecule has 7 nitrogen and oxygen atoms in total. The number of likely N-dealkylation sites (N-methyl/N-ethyl adjacent to an activating group) is 1. The maximum atomic E-state index is 13.3. The van der Waals surface area contributed by atoms with E-state index in [1.54, 1.807) is 0 Å². The van der Waals surface area contributed by atoms with Gasteiger partial charge in [-0.25, -0.2) is 9.18 Å². The quantitative estimate of drug-likeness (QED) is 0.676. The SMILES string of the molecule is CCN1CCOC(CN2C(=O)NC(=O)C(F)C2=O)C1. The number of nitrogens with one attached hydrogen (secondary N) is 1. The van der Waals surface area contributed by atoms with Crippen LogP contribution in [0.25, 0.3) is 0 Å². The lowest BCUT2D eigenvalue weighted by Crippen LogP contribution is -2.61. The summed E-state index contributed by atoms with van der Waals surface area (Å²) in [7, 11) is 0. The molecule has 0 aromatic rings. The minimum Gasteiger partial charge on any atom is -0.374 e. The molecule has 106 valence electrons. The van der Waals surface area contributed by atoms with E-state index in [0.29, 0.717) is 18.1 Å². The van der Waals surface area contributed by atoms with Crippen LogP contribution < -0.4 is 5.32 Å². The van der Waals surface area contributed by atoms with Gasteiger partial charge in [0.05, 0.1) is 19.3 Å². The van der Waals surface area contributed by atoms with E-state index in [1.165, 1.54) is 0 Å². The van der Waals surface area contributed by atoms with Crippen molar-refractivity contribution in [1.29, 1.82) is 0 Å². The van der Waals surface area contributed by atoms with Crippen LogP contribution in [0, 0.1) is 0 Å². The van der Waals surface area contributed by atoms with Crippen molar-refractivity contribution < 1.29 is 23.5 Å². The van der Waals surface area contributed by atoms with E-state index in [-0.39, 0.29) is 12.6 Å². The van der Waals surface area contributed by atoms with E-state index < -0.39 is 24.0 Å². The Balaban J connectivity index is 1.99. The molecular weight excluding hydrogens is 257 g/mol. The summed E-state index contributed by atoms with van der Waals surface area (Å²) < 4.78 is 18.7. The average Bonchev–Trinajstić information content (AvgIpc) is 2.41. The molecule has 0 aromatic heterocycles. The summed E-state index contributed by atoms with van der Waals surface area (Å²) in [5.41, 5.74) is 0. The Bertz CT molecular complexity index is 403. The van der Waals surface area contributed by atoms with E-state index in [2.05, 4.69) is 4.90 Å². The van der Waals surface area contributed by atoms with Crippen LogP contribution in [0.15, 0.2) is 0 Å². The molecule has 4 amide bonds. The number of nitrogens with zero attached hydrogens (tertiary/aromatic N) is 2. The van der Waals surface area contributed by atoms with Crippen LogP contribution in [0.2, 0.25) is 0 Å². The van der Waals surface area contributed by atoms with Crippen molar-refractivity contribution in [2.24, 2.45) is 0 Å². The molecule has 1 N–H and O–H groups in total. The molecule has 0 saturated carbocycles. The van der Waals surface area contributed by atoms with Crippen molar-refractivity contribution in [2.75, 3.05) is 32.8 Å². The highest BCUT2D eigenvalue weighted by Crippen LogP contribution is 2.12. The van der Waals surface area contributed by atoms with Crippen LogP contribution in [-0.2, 0) is 14.3 Å². The lowest BCUT2D eigenvalue weighted by Gasteiger charge is -2.35. The van der Waals surface area contributed by atoms with E-state index in [0.717, 1.165) is 13.1 Å². The highest BCUT2D eigenvalue weighted by molar-refractivity contribution is 6.18. The van der Waals surface area contributed by atoms with Crippen molar-refractivity contribution in [3.8, 4) is 0 Å². The van der Waals surface area contributed by atoms with Gasteiger partial charge in [0.25, 0.3) is 18.0 Å². The number of urea groups is 1. The summed E-state index contributed by atoms with van der Waals surface area (Å²) in [4.78, 5) is 36.9. The highest BCUT2D eigenvalue weighted by Gasteiger charge is 2.41. The fourth-order valence-corrected chi connectivity index (χ4v) is 2.14. The number of halogens is 1. The zero-order chi connectivity index (χ0) is 14.0. The van der Waals surface area contributed by atoms with Crippen molar-refractivity contribution in [2.45, 2.75) is 19.2 Å². The second-order valence-electron chi connectivity index (χ2n) is 4.49. The normalized spacial score (nSPS) is 29.6. The molecule has 0 bridgehead atoms. The molecule has 2 saturated heterocycles. The van der Waals surface area contributed by atoms with Crippen LogP contribution >= 0.6 is 0 Å². The van der Waals surface area contributed by atoms with E-state index in [9.17, 15) is 18.8 Å². The molecule has 2 aliphatic heterocycles. The number of barbiturate groups is 1. The van der Waals surface area contributed by atoms with Crippen molar-refractivity contribution in [3.63, 3.8) is 0 Å². The average molecular weight is 273 g/mol. The van der Waals surface area contributed by atoms with E-state index in [4.69, 9.17) is 4.74 Å². The predicted octanol–water partition coefficient (Wildman–Crippen LogP) is -0.876. The van der Waals surface area contributed by atoms with Crippen LogP contribution in [0.1, 0.15) is 6.92 Å². The summed E-state index contributed by atoms with van der Waals surface area (Å²) in [5.74, 6) is -2.32. The number of ether oxygens (including phenoxy) is 1. The van der Waals surface area contributed by atoms with Crippen molar-refractivity contribution in [3.05, 3.63) is 0 Å². The number of imide groups is 2. The fourth-order valence-electron chi connectivity index (χ4n) is 2.14. The number of hydrogen-bond acceptors (Lipinski definition) is 5. The first kappa shape index (κ1) is 13.9. The Labute approximate surface area is 109 Å². The van der Waals surface area contributed by atoms with Gasteiger partial charge < -0.3 is 4.74 Å². The fraction of sp³-hybridized carbons (Fsp3) is 0.727. The summed E-state index contributed by atoms with van der Waals surface area (Å²) in [6.07, 6.45) is -2.67. The number of morpholine rings is 1. The van der Waals surface area contributed by atoms with Gasteiger partial charge in [-0.3, -0.25) is 24.7 Å². The van der Waals surface area contributed by atoms with Crippen LogP contribution in [0.3, 0.4) is 0 Å². The molecule has 2 rings (SSSR count). The summed E-state index contributed by atoms with van der Waals surface area (Å²) >= 11 is 0. The molecule has 8 heteroatoms. The smallest absolute Gasteiger partial charge is 0.331 e. The van der Waals surface area contributed by atoms with Crippen molar-refractivity contribution >= 4 is 17.8 Å². The number of alkyl halides is 1. The minimum atomic E-state index is -2.32. The Morgan fingerprint density at radius 3 is 2.84 bits per heavy atom. The van der Waals surface area contributed by atoms with Gasteiger partial charge >= 0.3 is 6.03 Å². The second-order valence-corrected chi connectivity index (χ2v) is 4.49. The van der Waals surface area contributed by atoms with Gasteiger partial charge in [-0.2, -0.15) is 0 Å². The Morgan fingerprint density at radius 1 is 1.42 bits per heavy atom. The van der Waals surface area contributed by atoms with Gasteiger partial charge in [0, 0.05) is 13.1 Å². The minimum absolute atomic E-state index is 0.0468. The molecule has 2 heterocycles. The zero-order valence-corrected chi connectivity index (χ0v) is 10.6. The molecular formula is C11H16FN3O4. The predicted molar refractivity (Wildman–Crippen MR) is 62.0 cm³/mol. The van der Waals surface area contributed by atoms with Gasteiger partial charge in [-0.05, 0) is 6.54 Å². The Kier molecular flexibility index (Phi) is 4.11. The summed E-state index contributed by atoms with van der Waals surface area (Å²) in [6, 6.07) is -0.888. The highest BCUT2D eigenvalue weighted by atomic mass is 19.1. The largest absolute Gasteiger partial charge is 0.374 e. The third-order valence-electron chi connectivity index (χ3n) is 3.24. The van der Waals surface area contributed by atoms with Crippen LogP contribution in [-0.4, -0.2) is 72.7 Å². The second kappa shape index (κ2) is 5.62. The van der Waals surface area contributed by atoms with E-state index >= 15 is 0 Å². The first-order valence-corrected chi connectivity index (χ1v) is 6.17. The molecule has 0 aliphatic carbocycles. The number of rotatable bonds is 3. The maximum Gasteiger partial charge on any atom is 0.331 e. The molecule has 2 aliphatic rings. The van der Waals surface area contributed by atoms with Crippen LogP contribution in [0.5, 0.6) is 0 Å². The lowest BCUT2D eigenvalue weighted by molar-refractivity contribution is -0.145. The molecule has 0 spiro atoms. The summed E-state index contributed by atoms with van der Waals surface area (Å²) in [6.45, 7) is 4.65. The topological polar surface area (TPSA) is 79.0 Å². The van der Waals surface area contributed by atoms with Gasteiger partial charge in [0.15, 0.2) is 0 Å². The number of hydrogen-bond donors (Lipinski definition) is 1. The molecule has 0 aromatic carbocycles. The molecule has 2 fully saturated rings. The number of carbonyl (C=O) groups is 3. The monoisotopic (exact) mass is 273 g/mol. The third kappa shape index (κ3) is 2.90.